The Kier molecular flexibility index (Phi) is 6.88. The molecule has 0 bridgehead atoms. The van der Waals surface area contributed by atoms with E-state index in [-0.39, 0.29) is 32.7 Å². The molecule has 0 radical (unpaired) electrons. The van der Waals surface area contributed by atoms with Gasteiger partial charge in [-0.2, -0.15) is 0 Å². The summed E-state index contributed by atoms with van der Waals surface area (Å²) < 4.78 is 52.4. The maximum Gasteiger partial charge on any atom is 0.300 e. The molecule has 0 spiro atoms. The number of carbonyl (C=O) groups is 2. The van der Waals surface area contributed by atoms with E-state index in [0.29, 0.717) is 6.07 Å². The number of anilines is 1. The van der Waals surface area contributed by atoms with E-state index in [0.717, 1.165) is 29.2 Å². The summed E-state index contributed by atoms with van der Waals surface area (Å²) in [5.41, 5.74) is -0.904. The summed E-state index contributed by atoms with van der Waals surface area (Å²) in [5, 5.41) is 11.2. The minimum absolute atomic E-state index is 0.0376. The first-order valence-electron chi connectivity index (χ1n) is 10.2. The van der Waals surface area contributed by atoms with Crippen molar-refractivity contribution in [3.63, 3.8) is 0 Å². The summed E-state index contributed by atoms with van der Waals surface area (Å²) in [7, 11) is 2.55. The first-order valence-corrected chi connectivity index (χ1v) is 11.0. The molecule has 0 aliphatic carbocycles. The predicted molar refractivity (Wildman–Crippen MR) is 127 cm³/mol. The number of methoxy groups -OCH3 is 2. The molecular formula is C25H16Cl2F3NO5. The number of aliphatic hydroxyl groups is 1. The summed E-state index contributed by atoms with van der Waals surface area (Å²) >= 11 is 12.5. The van der Waals surface area contributed by atoms with Gasteiger partial charge < -0.3 is 14.6 Å². The largest absolute Gasteiger partial charge is 0.507 e. The Hall–Kier alpha value is -3.69. The van der Waals surface area contributed by atoms with Crippen molar-refractivity contribution in [1.82, 2.24) is 0 Å². The van der Waals surface area contributed by atoms with Gasteiger partial charge in [-0.25, -0.2) is 13.2 Å². The zero-order valence-electron chi connectivity index (χ0n) is 18.6. The van der Waals surface area contributed by atoms with Gasteiger partial charge in [0, 0.05) is 6.07 Å². The van der Waals surface area contributed by atoms with Crippen LogP contribution in [0.3, 0.4) is 0 Å². The average Bonchev–Trinajstić information content (AvgIpc) is 3.09. The van der Waals surface area contributed by atoms with E-state index in [4.69, 9.17) is 32.7 Å². The van der Waals surface area contributed by atoms with Crippen molar-refractivity contribution in [2.24, 2.45) is 0 Å². The number of aliphatic hydroxyl groups excluding tert-OH is 1. The summed E-state index contributed by atoms with van der Waals surface area (Å²) in [6.07, 6.45) is 0. The molecule has 1 N–H and O–H groups in total. The fraction of sp³-hybridized carbons (Fsp3) is 0.120. The van der Waals surface area contributed by atoms with Crippen molar-refractivity contribution >= 4 is 46.3 Å². The number of ketones is 1. The van der Waals surface area contributed by atoms with E-state index >= 15 is 0 Å². The minimum atomic E-state index is -1.42. The van der Waals surface area contributed by atoms with Gasteiger partial charge in [-0.15, -0.1) is 0 Å². The molecule has 1 heterocycles. The fourth-order valence-electron chi connectivity index (χ4n) is 4.01. The molecule has 6 nitrogen and oxygen atoms in total. The van der Waals surface area contributed by atoms with Crippen LogP contribution in [0.4, 0.5) is 18.9 Å². The molecule has 1 unspecified atom stereocenters. The Labute approximate surface area is 213 Å². The molecule has 1 atom stereocenters. The van der Waals surface area contributed by atoms with Gasteiger partial charge in [0.1, 0.15) is 28.2 Å². The highest BCUT2D eigenvalue weighted by Crippen LogP contribution is 2.48. The van der Waals surface area contributed by atoms with Crippen LogP contribution < -0.4 is 14.4 Å². The molecule has 1 amide bonds. The number of nitrogens with zero attached hydrogens (tertiary/aromatic N) is 1. The van der Waals surface area contributed by atoms with Crippen LogP contribution in [0.15, 0.2) is 54.1 Å². The normalized spacial score (nSPS) is 17.0. The standard InChI is InChI=1S/C25H16Cl2F3NO5/c1-35-23-14(10-15(26)24(36-2)19(23)27)21(32)18-20(11-3-5-12(28)6-4-11)31(25(34)22(18)33)17-8-7-13(29)9-16(17)30/h3-10,20,32H,1-2H3/b21-18+. The van der Waals surface area contributed by atoms with E-state index in [9.17, 15) is 27.9 Å². The Bertz CT molecular complexity index is 1430. The van der Waals surface area contributed by atoms with Crippen molar-refractivity contribution in [3.8, 4) is 11.5 Å². The summed E-state index contributed by atoms with van der Waals surface area (Å²) in [4.78, 5) is 27.1. The van der Waals surface area contributed by atoms with Crippen molar-refractivity contribution in [2.75, 3.05) is 19.1 Å². The maximum absolute atomic E-state index is 14.8. The molecule has 3 aromatic rings. The van der Waals surface area contributed by atoms with Crippen LogP contribution >= 0.6 is 23.2 Å². The molecular weight excluding hydrogens is 522 g/mol. The van der Waals surface area contributed by atoms with E-state index in [1.807, 2.05) is 0 Å². The number of rotatable bonds is 5. The first kappa shape index (κ1) is 25.4. The fourth-order valence-corrected chi connectivity index (χ4v) is 4.70. The number of amides is 1. The van der Waals surface area contributed by atoms with Crippen LogP contribution in [0.5, 0.6) is 11.5 Å². The molecule has 11 heteroatoms. The van der Waals surface area contributed by atoms with E-state index in [1.165, 1.54) is 32.4 Å². The number of ether oxygens (including phenoxy) is 2. The average molecular weight is 538 g/mol. The second kappa shape index (κ2) is 9.75. The number of hydrogen-bond donors (Lipinski definition) is 1. The lowest BCUT2D eigenvalue weighted by Crippen LogP contribution is -2.30. The van der Waals surface area contributed by atoms with Crippen molar-refractivity contribution in [1.29, 1.82) is 0 Å². The smallest absolute Gasteiger partial charge is 0.300 e. The highest BCUT2D eigenvalue weighted by molar-refractivity contribution is 6.52. The van der Waals surface area contributed by atoms with Crippen LogP contribution in [0, 0.1) is 17.5 Å². The lowest BCUT2D eigenvalue weighted by Gasteiger charge is -2.26. The molecule has 1 aliphatic heterocycles. The summed E-state index contributed by atoms with van der Waals surface area (Å²) in [6.45, 7) is 0. The number of halogens is 5. The van der Waals surface area contributed by atoms with Crippen molar-refractivity contribution < 1.29 is 37.3 Å². The van der Waals surface area contributed by atoms with Gasteiger partial charge in [0.05, 0.1) is 42.1 Å². The first-order chi connectivity index (χ1) is 17.1. The zero-order chi connectivity index (χ0) is 26.3. The molecule has 1 aliphatic rings. The van der Waals surface area contributed by atoms with Gasteiger partial charge in [0.25, 0.3) is 11.7 Å². The zero-order valence-corrected chi connectivity index (χ0v) is 20.1. The third-order valence-corrected chi connectivity index (χ3v) is 6.22. The van der Waals surface area contributed by atoms with Gasteiger partial charge >= 0.3 is 0 Å². The molecule has 0 saturated carbocycles. The van der Waals surface area contributed by atoms with E-state index < -0.39 is 52.2 Å². The van der Waals surface area contributed by atoms with Gasteiger partial charge in [0.15, 0.2) is 11.5 Å². The molecule has 4 rings (SSSR count). The van der Waals surface area contributed by atoms with E-state index in [2.05, 4.69) is 0 Å². The number of benzene rings is 3. The second-order valence-corrected chi connectivity index (χ2v) is 8.39. The Balaban J connectivity index is 2.03. The number of hydrogen-bond acceptors (Lipinski definition) is 5. The maximum atomic E-state index is 14.8. The molecule has 1 saturated heterocycles. The van der Waals surface area contributed by atoms with Gasteiger partial charge in [-0.3, -0.25) is 14.5 Å². The third kappa shape index (κ3) is 4.14. The number of Topliss-reactive ketones (excluding diaryl/α,β-unsaturated/α-hetero) is 1. The molecule has 36 heavy (non-hydrogen) atoms. The highest BCUT2D eigenvalue weighted by atomic mass is 35.5. The second-order valence-electron chi connectivity index (χ2n) is 7.60. The SMILES string of the molecule is COc1c(Cl)cc(/C(O)=C2\C(=O)C(=O)N(c3ccc(F)cc3F)C2c2ccc(F)cc2)c(OC)c1Cl. The molecule has 3 aromatic carbocycles. The summed E-state index contributed by atoms with van der Waals surface area (Å²) in [5.74, 6) is -5.86. The topological polar surface area (TPSA) is 76.1 Å². The van der Waals surface area contributed by atoms with Crippen LogP contribution in [-0.4, -0.2) is 31.0 Å². The minimum Gasteiger partial charge on any atom is -0.507 e. The quantitative estimate of drug-likeness (QED) is 0.243. The highest BCUT2D eigenvalue weighted by Gasteiger charge is 2.48. The van der Waals surface area contributed by atoms with Gasteiger partial charge in [-0.05, 0) is 35.9 Å². The van der Waals surface area contributed by atoms with Crippen LogP contribution in [-0.2, 0) is 9.59 Å². The van der Waals surface area contributed by atoms with E-state index in [1.54, 1.807) is 0 Å². The van der Waals surface area contributed by atoms with Gasteiger partial charge in [0.2, 0.25) is 0 Å². The Morgan fingerprint density at radius 2 is 1.53 bits per heavy atom. The van der Waals surface area contributed by atoms with Crippen LogP contribution in [0.2, 0.25) is 10.0 Å². The van der Waals surface area contributed by atoms with Crippen molar-refractivity contribution in [3.05, 3.63) is 92.7 Å². The number of carbonyl (C=O) groups excluding carboxylic acids is 2. The summed E-state index contributed by atoms with van der Waals surface area (Å²) in [6, 6.07) is 6.89. The van der Waals surface area contributed by atoms with Crippen LogP contribution in [0.1, 0.15) is 17.2 Å². The lowest BCUT2D eigenvalue weighted by molar-refractivity contribution is -0.132. The lowest BCUT2D eigenvalue weighted by atomic mass is 9.94. The Morgan fingerprint density at radius 1 is 0.917 bits per heavy atom. The van der Waals surface area contributed by atoms with Crippen molar-refractivity contribution in [2.45, 2.75) is 6.04 Å². The van der Waals surface area contributed by atoms with Gasteiger partial charge in [-0.1, -0.05) is 35.3 Å². The Morgan fingerprint density at radius 3 is 2.11 bits per heavy atom. The van der Waals surface area contributed by atoms with Crippen LogP contribution in [0.25, 0.3) is 5.76 Å². The molecule has 186 valence electrons. The molecule has 0 aromatic heterocycles. The molecule has 1 fully saturated rings. The third-order valence-electron chi connectivity index (χ3n) is 5.59. The monoisotopic (exact) mass is 537 g/mol. The predicted octanol–water partition coefficient (Wildman–Crippen LogP) is 6.05.